The molecule has 0 atom stereocenters. The van der Waals surface area contributed by atoms with Crippen molar-refractivity contribution in [2.45, 2.75) is 4.90 Å². The van der Waals surface area contributed by atoms with Crippen LogP contribution >= 0.6 is 34.8 Å². The van der Waals surface area contributed by atoms with Crippen molar-refractivity contribution in [1.29, 1.82) is 0 Å². The minimum Gasteiger partial charge on any atom is -0.224 e. The van der Waals surface area contributed by atoms with Crippen molar-refractivity contribution >= 4 is 44.6 Å². The van der Waals surface area contributed by atoms with Crippen LogP contribution in [-0.4, -0.2) is 14.7 Å². The second-order valence-corrected chi connectivity index (χ2v) is 9.07. The van der Waals surface area contributed by atoms with E-state index < -0.39 is 21.5 Å². The molecule has 0 saturated carbocycles. The van der Waals surface area contributed by atoms with Gasteiger partial charge in [0.1, 0.15) is 0 Å². The molecule has 8 heteroatoms. The first kappa shape index (κ1) is 20.1. The first-order chi connectivity index (χ1) is 12.6. The van der Waals surface area contributed by atoms with Crippen molar-refractivity contribution in [3.8, 4) is 22.3 Å². The lowest BCUT2D eigenvalue weighted by molar-refractivity contribution is 0.509. The van der Waals surface area contributed by atoms with Crippen LogP contribution in [0.4, 0.5) is 8.78 Å². The lowest BCUT2D eigenvalue weighted by Gasteiger charge is -2.13. The van der Waals surface area contributed by atoms with Gasteiger partial charge in [0.25, 0.3) is 0 Å². The normalized spacial score (nSPS) is 11.6. The molecule has 3 aromatic rings. The van der Waals surface area contributed by atoms with Crippen LogP contribution in [0.5, 0.6) is 0 Å². The molecule has 0 fully saturated rings. The van der Waals surface area contributed by atoms with Crippen LogP contribution in [0.3, 0.4) is 0 Å². The predicted molar refractivity (Wildman–Crippen MR) is 105 cm³/mol. The molecule has 0 aromatic heterocycles. The van der Waals surface area contributed by atoms with Gasteiger partial charge in [0.15, 0.2) is 21.5 Å². The molecule has 140 valence electrons. The van der Waals surface area contributed by atoms with Crippen LogP contribution in [0, 0.1) is 11.6 Å². The molecule has 27 heavy (non-hydrogen) atoms. The maximum atomic E-state index is 13.9. The van der Waals surface area contributed by atoms with Gasteiger partial charge in [-0.3, -0.25) is 0 Å². The summed E-state index contributed by atoms with van der Waals surface area (Å²) < 4.78 is 51.1. The highest BCUT2D eigenvalue weighted by molar-refractivity contribution is 7.90. The number of hydrogen-bond acceptors (Lipinski definition) is 2. The average molecular weight is 448 g/mol. The Morgan fingerprint density at radius 1 is 0.741 bits per heavy atom. The molecule has 0 unspecified atom stereocenters. The van der Waals surface area contributed by atoms with E-state index in [4.69, 9.17) is 34.8 Å². The summed E-state index contributed by atoms with van der Waals surface area (Å²) in [5.74, 6) is -2.07. The molecule has 2 nitrogen and oxygen atoms in total. The number of benzene rings is 3. The molecule has 0 aliphatic carbocycles. The van der Waals surface area contributed by atoms with Gasteiger partial charge in [-0.15, -0.1) is 0 Å². The summed E-state index contributed by atoms with van der Waals surface area (Å²) in [4.78, 5) is 0.118. The van der Waals surface area contributed by atoms with E-state index in [9.17, 15) is 17.2 Å². The summed E-state index contributed by atoms with van der Waals surface area (Å²) in [6, 6.07) is 10.9. The minimum absolute atomic E-state index is 0.118. The Morgan fingerprint density at radius 3 is 1.63 bits per heavy atom. The van der Waals surface area contributed by atoms with E-state index in [2.05, 4.69) is 0 Å². The fourth-order valence-electron chi connectivity index (χ4n) is 2.62. The number of halogens is 5. The molecule has 0 N–H and O–H groups in total. The number of sulfone groups is 1. The molecule has 0 heterocycles. The third kappa shape index (κ3) is 4.11. The molecule has 3 rings (SSSR count). The number of hydrogen-bond donors (Lipinski definition) is 0. The predicted octanol–water partition coefficient (Wildman–Crippen LogP) is 6.66. The Morgan fingerprint density at radius 2 is 1.19 bits per heavy atom. The Kier molecular flexibility index (Phi) is 5.50. The molecule has 0 saturated heterocycles. The fourth-order valence-corrected chi connectivity index (χ4v) is 3.84. The van der Waals surface area contributed by atoms with Crippen molar-refractivity contribution in [3.05, 3.63) is 75.2 Å². The summed E-state index contributed by atoms with van der Waals surface area (Å²) >= 11 is 18.1. The highest BCUT2D eigenvalue weighted by Gasteiger charge is 2.16. The van der Waals surface area contributed by atoms with Crippen molar-refractivity contribution in [2.24, 2.45) is 0 Å². The molecule has 0 aliphatic rings. The van der Waals surface area contributed by atoms with E-state index in [-0.39, 0.29) is 20.0 Å². The van der Waals surface area contributed by atoms with Gasteiger partial charge in [0.2, 0.25) is 0 Å². The Labute approximate surface area is 170 Å². The standard InChI is InChI=1S/C19H11Cl3F2O2S/c1-27(25,26)12-4-2-10(3-5-12)13-8-17(23)18(24)9-14(13)11-6-15(20)19(22)16(21)7-11/h2-9H,1H3. The zero-order valence-corrected chi connectivity index (χ0v) is 16.8. The van der Waals surface area contributed by atoms with Gasteiger partial charge < -0.3 is 0 Å². The molecule has 0 spiro atoms. The topological polar surface area (TPSA) is 34.1 Å². The van der Waals surface area contributed by atoms with E-state index in [1.807, 2.05) is 0 Å². The average Bonchev–Trinajstić information content (AvgIpc) is 2.60. The minimum atomic E-state index is -3.38. The maximum absolute atomic E-state index is 13.9. The largest absolute Gasteiger partial charge is 0.224 e. The first-order valence-electron chi connectivity index (χ1n) is 7.52. The monoisotopic (exact) mass is 446 g/mol. The third-order valence-corrected chi connectivity index (χ3v) is 6.27. The number of rotatable bonds is 3. The first-order valence-corrected chi connectivity index (χ1v) is 10.5. The van der Waals surface area contributed by atoms with E-state index in [0.29, 0.717) is 22.3 Å². The molecular formula is C19H11Cl3F2O2S. The second kappa shape index (κ2) is 7.40. The summed E-state index contributed by atoms with van der Waals surface area (Å²) in [6.45, 7) is 0. The van der Waals surface area contributed by atoms with Crippen LogP contribution in [0.1, 0.15) is 0 Å². The van der Waals surface area contributed by atoms with Crippen molar-refractivity contribution in [2.75, 3.05) is 6.26 Å². The van der Waals surface area contributed by atoms with Gasteiger partial charge in [-0.2, -0.15) is 0 Å². The van der Waals surface area contributed by atoms with Gasteiger partial charge in [-0.25, -0.2) is 17.2 Å². The smallest absolute Gasteiger partial charge is 0.175 e. The van der Waals surface area contributed by atoms with Crippen LogP contribution < -0.4 is 0 Å². The Balaban J connectivity index is 2.24. The van der Waals surface area contributed by atoms with Gasteiger partial charge in [-0.1, -0.05) is 46.9 Å². The summed E-state index contributed by atoms with van der Waals surface area (Å²) in [7, 11) is -3.38. The molecule has 0 amide bonds. The van der Waals surface area contributed by atoms with E-state index in [0.717, 1.165) is 18.4 Å². The van der Waals surface area contributed by atoms with Crippen LogP contribution in [0.2, 0.25) is 15.1 Å². The van der Waals surface area contributed by atoms with Gasteiger partial charge >= 0.3 is 0 Å². The quantitative estimate of drug-likeness (QED) is 0.421. The van der Waals surface area contributed by atoms with Crippen LogP contribution in [0.15, 0.2) is 53.4 Å². The van der Waals surface area contributed by atoms with Crippen molar-refractivity contribution in [1.82, 2.24) is 0 Å². The highest BCUT2D eigenvalue weighted by atomic mass is 35.5. The summed E-state index contributed by atoms with van der Waals surface area (Å²) in [6.07, 6.45) is 1.09. The lowest BCUT2D eigenvalue weighted by Crippen LogP contribution is -1.97. The zero-order chi connectivity index (χ0) is 19.9. The van der Waals surface area contributed by atoms with Crippen LogP contribution in [0.25, 0.3) is 22.3 Å². The molecule has 0 aliphatic heterocycles. The van der Waals surface area contributed by atoms with Crippen molar-refractivity contribution < 1.29 is 17.2 Å². The molecule has 0 bridgehead atoms. The van der Waals surface area contributed by atoms with E-state index in [1.54, 1.807) is 0 Å². The van der Waals surface area contributed by atoms with Crippen LogP contribution in [-0.2, 0) is 9.84 Å². The van der Waals surface area contributed by atoms with Gasteiger partial charge in [0.05, 0.1) is 20.0 Å². The molecule has 0 radical (unpaired) electrons. The Bertz CT molecular complexity index is 1120. The molecule has 3 aromatic carbocycles. The lowest BCUT2D eigenvalue weighted by atomic mass is 9.94. The summed E-state index contributed by atoms with van der Waals surface area (Å²) in [5.41, 5.74) is 1.62. The molecular weight excluding hydrogens is 437 g/mol. The van der Waals surface area contributed by atoms with Gasteiger partial charge in [0, 0.05) is 6.26 Å². The zero-order valence-electron chi connectivity index (χ0n) is 13.7. The second-order valence-electron chi connectivity index (χ2n) is 5.86. The SMILES string of the molecule is CS(=O)(=O)c1ccc(-c2cc(F)c(F)cc2-c2cc(Cl)c(Cl)c(Cl)c2)cc1. The van der Waals surface area contributed by atoms with Crippen molar-refractivity contribution in [3.63, 3.8) is 0 Å². The maximum Gasteiger partial charge on any atom is 0.175 e. The van der Waals surface area contributed by atoms with E-state index >= 15 is 0 Å². The highest BCUT2D eigenvalue weighted by Crippen LogP contribution is 2.39. The van der Waals surface area contributed by atoms with E-state index in [1.165, 1.54) is 36.4 Å². The third-order valence-electron chi connectivity index (χ3n) is 3.95. The summed E-state index contributed by atoms with van der Waals surface area (Å²) in [5, 5.41) is 0.494. The fraction of sp³-hybridized carbons (Fsp3) is 0.0526. The Hall–Kier alpha value is -1.66. The van der Waals surface area contributed by atoms with Gasteiger partial charge in [-0.05, 0) is 58.7 Å².